The van der Waals surface area contributed by atoms with E-state index in [1.54, 1.807) is 6.07 Å². The van der Waals surface area contributed by atoms with E-state index < -0.39 is 0 Å². The Morgan fingerprint density at radius 1 is 1.25 bits per heavy atom. The van der Waals surface area contributed by atoms with Crippen LogP contribution in [-0.2, 0) is 0 Å². The van der Waals surface area contributed by atoms with Crippen molar-refractivity contribution in [1.82, 2.24) is 10.3 Å². The summed E-state index contributed by atoms with van der Waals surface area (Å²) in [4.78, 5) is 16.7. The van der Waals surface area contributed by atoms with Gasteiger partial charge in [-0.3, -0.25) is 4.79 Å². The summed E-state index contributed by atoms with van der Waals surface area (Å²) in [5.41, 5.74) is 2.06. The molecule has 0 amide bonds. The van der Waals surface area contributed by atoms with Gasteiger partial charge in [-0.15, -0.1) is 0 Å². The van der Waals surface area contributed by atoms with Crippen molar-refractivity contribution in [2.75, 3.05) is 31.1 Å². The summed E-state index contributed by atoms with van der Waals surface area (Å²) in [6.45, 7) is 8.11. The van der Waals surface area contributed by atoms with E-state index in [4.69, 9.17) is 0 Å². The molecule has 0 unspecified atom stereocenters. The Labute approximate surface area is 95.7 Å². The fraction of sp³-hybridized carbons (Fsp3) is 0.583. The molecule has 0 atom stereocenters. The van der Waals surface area contributed by atoms with E-state index in [-0.39, 0.29) is 5.56 Å². The van der Waals surface area contributed by atoms with Gasteiger partial charge in [0.05, 0.1) is 0 Å². The molecule has 4 heteroatoms. The van der Waals surface area contributed by atoms with Gasteiger partial charge in [0.1, 0.15) is 0 Å². The molecule has 2 heterocycles. The molecular weight excluding hydrogens is 202 g/mol. The Hall–Kier alpha value is -1.29. The van der Waals surface area contributed by atoms with E-state index in [2.05, 4.69) is 35.1 Å². The monoisotopic (exact) mass is 221 g/mol. The summed E-state index contributed by atoms with van der Waals surface area (Å²) < 4.78 is 0. The first-order chi connectivity index (χ1) is 7.66. The van der Waals surface area contributed by atoms with Crippen molar-refractivity contribution >= 4 is 5.69 Å². The van der Waals surface area contributed by atoms with Gasteiger partial charge in [0.15, 0.2) is 0 Å². The molecule has 1 aliphatic heterocycles. The molecule has 4 nitrogen and oxygen atoms in total. The third-order valence-electron chi connectivity index (χ3n) is 2.95. The number of H-pyrrole nitrogens is 1. The van der Waals surface area contributed by atoms with Gasteiger partial charge in [-0.2, -0.15) is 0 Å². The van der Waals surface area contributed by atoms with Crippen molar-refractivity contribution in [3.05, 3.63) is 28.2 Å². The fourth-order valence-electron chi connectivity index (χ4n) is 1.97. The molecule has 1 saturated heterocycles. The highest BCUT2D eigenvalue weighted by molar-refractivity contribution is 5.47. The van der Waals surface area contributed by atoms with Crippen LogP contribution in [0.5, 0.6) is 0 Å². The third-order valence-corrected chi connectivity index (χ3v) is 2.95. The number of aromatic amines is 1. The van der Waals surface area contributed by atoms with E-state index in [1.807, 2.05) is 0 Å². The highest BCUT2D eigenvalue weighted by Crippen LogP contribution is 2.17. The molecule has 0 radical (unpaired) electrons. The first-order valence-electron chi connectivity index (χ1n) is 5.87. The van der Waals surface area contributed by atoms with Crippen LogP contribution in [0.2, 0.25) is 0 Å². The van der Waals surface area contributed by atoms with Crippen molar-refractivity contribution < 1.29 is 0 Å². The van der Waals surface area contributed by atoms with E-state index in [0.717, 1.165) is 37.6 Å². The van der Waals surface area contributed by atoms with Gasteiger partial charge in [-0.25, -0.2) is 0 Å². The molecular formula is C12H19N3O. The Balaban J connectivity index is 2.29. The number of pyridine rings is 1. The Morgan fingerprint density at radius 3 is 2.56 bits per heavy atom. The zero-order valence-corrected chi connectivity index (χ0v) is 9.92. The summed E-state index contributed by atoms with van der Waals surface area (Å²) in [6, 6.07) is 3.79. The lowest BCUT2D eigenvalue weighted by atomic mass is 10.1. The van der Waals surface area contributed by atoms with Gasteiger partial charge in [0.2, 0.25) is 5.56 Å². The van der Waals surface area contributed by atoms with Crippen LogP contribution in [-0.4, -0.2) is 31.2 Å². The molecule has 2 rings (SSSR count). The van der Waals surface area contributed by atoms with E-state index in [1.165, 1.54) is 0 Å². The maximum Gasteiger partial charge on any atom is 0.250 e. The van der Waals surface area contributed by atoms with Crippen LogP contribution in [0.1, 0.15) is 25.5 Å². The fourth-order valence-corrected chi connectivity index (χ4v) is 1.97. The number of anilines is 1. The SMILES string of the molecule is CC(C)c1cc(N2CCNCC2)cc(=O)[nH]1. The number of rotatable bonds is 2. The van der Waals surface area contributed by atoms with Crippen molar-refractivity contribution in [3.63, 3.8) is 0 Å². The molecule has 1 aromatic rings. The van der Waals surface area contributed by atoms with Gasteiger partial charge in [-0.1, -0.05) is 13.8 Å². The topological polar surface area (TPSA) is 48.1 Å². The van der Waals surface area contributed by atoms with Gasteiger partial charge in [0.25, 0.3) is 0 Å². The molecule has 0 spiro atoms. The molecule has 1 fully saturated rings. The normalized spacial score (nSPS) is 16.8. The maximum absolute atomic E-state index is 11.6. The highest BCUT2D eigenvalue weighted by atomic mass is 16.1. The van der Waals surface area contributed by atoms with E-state index in [0.29, 0.717) is 5.92 Å². The summed E-state index contributed by atoms with van der Waals surface area (Å²) in [5.74, 6) is 0.357. The van der Waals surface area contributed by atoms with Crippen LogP contribution in [0.25, 0.3) is 0 Å². The van der Waals surface area contributed by atoms with Gasteiger partial charge >= 0.3 is 0 Å². The van der Waals surface area contributed by atoms with Crippen molar-refractivity contribution in [1.29, 1.82) is 0 Å². The minimum absolute atomic E-state index is 0.000248. The number of piperazine rings is 1. The predicted octanol–water partition coefficient (Wildman–Crippen LogP) is 0.908. The molecule has 2 N–H and O–H groups in total. The van der Waals surface area contributed by atoms with Crippen LogP contribution in [0, 0.1) is 0 Å². The lowest BCUT2D eigenvalue weighted by molar-refractivity contribution is 0.588. The summed E-state index contributed by atoms with van der Waals surface area (Å²) in [6.07, 6.45) is 0. The number of nitrogens with one attached hydrogen (secondary N) is 2. The lowest BCUT2D eigenvalue weighted by Gasteiger charge is -2.29. The van der Waals surface area contributed by atoms with Crippen molar-refractivity contribution in [2.45, 2.75) is 19.8 Å². The van der Waals surface area contributed by atoms with Crippen LogP contribution in [0.4, 0.5) is 5.69 Å². The summed E-state index contributed by atoms with van der Waals surface area (Å²) in [5, 5.41) is 3.31. The first-order valence-corrected chi connectivity index (χ1v) is 5.87. The van der Waals surface area contributed by atoms with Gasteiger partial charge in [0, 0.05) is 43.6 Å². The number of nitrogens with zero attached hydrogens (tertiary/aromatic N) is 1. The second kappa shape index (κ2) is 4.70. The molecule has 0 saturated carbocycles. The third kappa shape index (κ3) is 2.44. The summed E-state index contributed by atoms with van der Waals surface area (Å²) >= 11 is 0. The van der Waals surface area contributed by atoms with E-state index in [9.17, 15) is 4.79 Å². The minimum atomic E-state index is -0.000248. The smallest absolute Gasteiger partial charge is 0.250 e. The van der Waals surface area contributed by atoms with Crippen LogP contribution < -0.4 is 15.8 Å². The molecule has 0 aliphatic carbocycles. The minimum Gasteiger partial charge on any atom is -0.369 e. The number of hydrogen-bond acceptors (Lipinski definition) is 3. The van der Waals surface area contributed by atoms with Crippen LogP contribution >= 0.6 is 0 Å². The maximum atomic E-state index is 11.6. The average molecular weight is 221 g/mol. The first kappa shape index (κ1) is 11.2. The summed E-state index contributed by atoms with van der Waals surface area (Å²) in [7, 11) is 0. The molecule has 1 aliphatic rings. The molecule has 16 heavy (non-hydrogen) atoms. The lowest BCUT2D eigenvalue weighted by Crippen LogP contribution is -2.43. The van der Waals surface area contributed by atoms with Crippen molar-refractivity contribution in [3.8, 4) is 0 Å². The molecule has 0 bridgehead atoms. The zero-order chi connectivity index (χ0) is 11.5. The second-order valence-electron chi connectivity index (χ2n) is 4.55. The Morgan fingerprint density at radius 2 is 1.94 bits per heavy atom. The average Bonchev–Trinajstić information content (AvgIpc) is 2.29. The molecule has 1 aromatic heterocycles. The Bertz CT molecular complexity index is 405. The zero-order valence-electron chi connectivity index (χ0n) is 9.92. The molecule has 88 valence electrons. The van der Waals surface area contributed by atoms with Crippen LogP contribution in [0.15, 0.2) is 16.9 Å². The van der Waals surface area contributed by atoms with E-state index >= 15 is 0 Å². The van der Waals surface area contributed by atoms with Gasteiger partial charge in [-0.05, 0) is 12.0 Å². The number of hydrogen-bond donors (Lipinski definition) is 2. The van der Waals surface area contributed by atoms with Crippen LogP contribution in [0.3, 0.4) is 0 Å². The second-order valence-corrected chi connectivity index (χ2v) is 4.55. The predicted molar refractivity (Wildman–Crippen MR) is 66.2 cm³/mol. The quantitative estimate of drug-likeness (QED) is 0.780. The molecule has 0 aromatic carbocycles. The standard InChI is InChI=1S/C12H19N3O/c1-9(2)11-7-10(8-12(16)14-11)15-5-3-13-4-6-15/h7-9,13H,3-6H2,1-2H3,(H,14,16). The largest absolute Gasteiger partial charge is 0.369 e. The number of aromatic nitrogens is 1. The van der Waals surface area contributed by atoms with Gasteiger partial charge < -0.3 is 15.2 Å². The van der Waals surface area contributed by atoms with Crippen molar-refractivity contribution in [2.24, 2.45) is 0 Å². The highest BCUT2D eigenvalue weighted by Gasteiger charge is 2.12. The Kier molecular flexibility index (Phi) is 3.29.